The van der Waals surface area contributed by atoms with Crippen molar-refractivity contribution < 1.29 is 29.0 Å². The van der Waals surface area contributed by atoms with Crippen molar-refractivity contribution in [2.24, 2.45) is 5.92 Å². The lowest BCUT2D eigenvalue weighted by Gasteiger charge is -2.23. The molecule has 1 aliphatic rings. The molecule has 2 aromatic carbocycles. The highest BCUT2D eigenvalue weighted by atomic mass is 79.9. The smallest absolute Gasteiger partial charge is 0.350 e. The average Bonchev–Trinajstić information content (AvgIpc) is 3.44. The number of hydrogen-bond acceptors (Lipinski definition) is 8. The van der Waals surface area contributed by atoms with Crippen LogP contribution in [0.15, 0.2) is 58.6 Å². The molecule has 210 valence electrons. The number of hydrogen-bond donors (Lipinski definition) is 1. The number of aromatic nitrogens is 1. The van der Waals surface area contributed by atoms with Crippen molar-refractivity contribution in [1.82, 2.24) is 4.98 Å². The number of rotatable bonds is 10. The molecule has 0 saturated carbocycles. The number of Topliss-reactive ketones (excluding diaryl/α,β-unsaturated/α-hetero) is 1. The van der Waals surface area contributed by atoms with Crippen LogP contribution >= 0.6 is 27.3 Å². The number of aryl methyl sites for hydroxylation is 1. The summed E-state index contributed by atoms with van der Waals surface area (Å²) in [4.78, 5) is 45.6. The maximum Gasteiger partial charge on any atom is 0.350 e. The lowest BCUT2D eigenvalue weighted by atomic mass is 9.95. The van der Waals surface area contributed by atoms with E-state index in [4.69, 9.17) is 9.47 Å². The highest BCUT2D eigenvalue weighted by Gasteiger charge is 2.48. The first-order valence-electron chi connectivity index (χ1n) is 13.1. The van der Waals surface area contributed by atoms with Gasteiger partial charge < -0.3 is 14.6 Å². The maximum absolute atomic E-state index is 13.5. The van der Waals surface area contributed by atoms with Gasteiger partial charge in [-0.1, -0.05) is 66.6 Å². The van der Waals surface area contributed by atoms with Crippen LogP contribution in [-0.2, 0) is 14.3 Å². The van der Waals surface area contributed by atoms with E-state index in [0.29, 0.717) is 29.2 Å². The van der Waals surface area contributed by atoms with Crippen LogP contribution in [0.1, 0.15) is 66.1 Å². The fourth-order valence-corrected chi connectivity index (χ4v) is 5.61. The standard InChI is InChI=1S/C30H31BrN2O6S/c1-5-6-14-38-22-12-10-19(11-13-22)25(34)23-24(20-8-7-9-21(31)15-20)33(28(36)26(23)35)30-32-18(4)27(40-30)29(37)39-16-17(2)3/h7-13,15,17,24,34H,5-6,14,16H2,1-4H3/b25-23-. The number of ketones is 1. The zero-order valence-corrected chi connectivity index (χ0v) is 25.2. The lowest BCUT2D eigenvalue weighted by molar-refractivity contribution is -0.132. The zero-order chi connectivity index (χ0) is 29.0. The molecule has 1 aliphatic heterocycles. The molecule has 0 bridgehead atoms. The Morgan fingerprint density at radius 1 is 1.18 bits per heavy atom. The van der Waals surface area contributed by atoms with Crippen LogP contribution in [0.3, 0.4) is 0 Å². The number of unbranched alkanes of at least 4 members (excludes halogenated alkanes) is 1. The van der Waals surface area contributed by atoms with Crippen molar-refractivity contribution in [1.29, 1.82) is 0 Å². The van der Waals surface area contributed by atoms with Crippen molar-refractivity contribution >= 4 is 55.8 Å². The van der Waals surface area contributed by atoms with E-state index in [2.05, 4.69) is 27.8 Å². The van der Waals surface area contributed by atoms with Gasteiger partial charge in [-0.25, -0.2) is 9.78 Å². The quantitative estimate of drug-likeness (QED) is 0.0864. The van der Waals surface area contributed by atoms with E-state index in [1.54, 1.807) is 49.4 Å². The predicted molar refractivity (Wildman–Crippen MR) is 158 cm³/mol. The lowest BCUT2D eigenvalue weighted by Crippen LogP contribution is -2.29. The summed E-state index contributed by atoms with van der Waals surface area (Å²) in [7, 11) is 0. The Balaban J connectivity index is 1.78. The summed E-state index contributed by atoms with van der Waals surface area (Å²) < 4.78 is 11.8. The van der Waals surface area contributed by atoms with Crippen LogP contribution in [0.5, 0.6) is 5.75 Å². The Labute approximate surface area is 245 Å². The third-order valence-electron chi connectivity index (χ3n) is 6.23. The highest BCUT2D eigenvalue weighted by molar-refractivity contribution is 9.10. The molecule has 0 aliphatic carbocycles. The summed E-state index contributed by atoms with van der Waals surface area (Å²) in [5.74, 6) is -1.74. The van der Waals surface area contributed by atoms with Gasteiger partial charge in [-0.2, -0.15) is 0 Å². The molecule has 3 aromatic rings. The van der Waals surface area contributed by atoms with Crippen molar-refractivity contribution in [3.8, 4) is 5.75 Å². The van der Waals surface area contributed by atoms with Gasteiger partial charge in [-0.15, -0.1) is 0 Å². The second-order valence-electron chi connectivity index (χ2n) is 9.85. The fourth-order valence-electron chi connectivity index (χ4n) is 4.20. The summed E-state index contributed by atoms with van der Waals surface area (Å²) in [6.07, 6.45) is 1.93. The van der Waals surface area contributed by atoms with Crippen molar-refractivity contribution in [3.05, 3.63) is 80.3 Å². The Kier molecular flexibility index (Phi) is 9.42. The van der Waals surface area contributed by atoms with E-state index in [1.165, 1.54) is 4.90 Å². The van der Waals surface area contributed by atoms with Crippen LogP contribution in [0.2, 0.25) is 0 Å². The first-order chi connectivity index (χ1) is 19.1. The summed E-state index contributed by atoms with van der Waals surface area (Å²) in [6, 6.07) is 12.9. The van der Waals surface area contributed by atoms with E-state index < -0.39 is 23.7 Å². The molecule has 1 atom stereocenters. The maximum atomic E-state index is 13.5. The molecular formula is C30H31BrN2O6S. The minimum absolute atomic E-state index is 0.0699. The Bertz CT molecular complexity index is 1450. The highest BCUT2D eigenvalue weighted by Crippen LogP contribution is 2.44. The van der Waals surface area contributed by atoms with E-state index in [9.17, 15) is 19.5 Å². The van der Waals surface area contributed by atoms with Gasteiger partial charge in [0.2, 0.25) is 0 Å². The number of ether oxygens (including phenoxy) is 2. The number of carbonyl (C=O) groups is 3. The third-order valence-corrected chi connectivity index (χ3v) is 7.86. The number of carbonyl (C=O) groups excluding carboxylic acids is 3. The van der Waals surface area contributed by atoms with Gasteiger partial charge in [0.05, 0.1) is 30.5 Å². The SMILES string of the molecule is CCCCOc1ccc(/C(O)=C2/C(=O)C(=O)N(c3nc(C)c(C(=O)OCC(C)C)s3)C2c2cccc(Br)c2)cc1. The Hall–Kier alpha value is -3.50. The molecule has 1 N–H and O–H groups in total. The van der Waals surface area contributed by atoms with Gasteiger partial charge in [0.25, 0.3) is 5.78 Å². The minimum Gasteiger partial charge on any atom is -0.507 e. The first kappa shape index (κ1) is 29.5. The number of amides is 1. The molecule has 1 saturated heterocycles. The summed E-state index contributed by atoms with van der Waals surface area (Å²) >= 11 is 4.44. The number of esters is 1. The van der Waals surface area contributed by atoms with Gasteiger partial charge in [0.15, 0.2) is 5.13 Å². The molecule has 1 aromatic heterocycles. The zero-order valence-electron chi connectivity index (χ0n) is 22.8. The number of halogens is 1. The molecule has 1 amide bonds. The molecule has 0 spiro atoms. The summed E-state index contributed by atoms with van der Waals surface area (Å²) in [5, 5.41) is 11.6. The van der Waals surface area contributed by atoms with Crippen LogP contribution in [0.25, 0.3) is 5.76 Å². The number of aliphatic hydroxyl groups excluding tert-OH is 1. The number of aliphatic hydroxyl groups is 1. The van der Waals surface area contributed by atoms with Crippen LogP contribution in [-0.4, -0.2) is 41.0 Å². The van der Waals surface area contributed by atoms with Crippen LogP contribution in [0.4, 0.5) is 5.13 Å². The van der Waals surface area contributed by atoms with Crippen molar-refractivity contribution in [3.63, 3.8) is 0 Å². The van der Waals surface area contributed by atoms with E-state index in [-0.39, 0.29) is 33.9 Å². The number of anilines is 1. The molecule has 0 radical (unpaired) electrons. The second kappa shape index (κ2) is 12.8. The van der Waals surface area contributed by atoms with E-state index in [1.807, 2.05) is 19.9 Å². The normalized spacial score (nSPS) is 16.6. The van der Waals surface area contributed by atoms with Crippen LogP contribution in [0, 0.1) is 12.8 Å². The third kappa shape index (κ3) is 6.28. The van der Waals surface area contributed by atoms with Gasteiger partial charge in [-0.3, -0.25) is 14.5 Å². The van der Waals surface area contributed by atoms with Gasteiger partial charge in [0, 0.05) is 10.0 Å². The van der Waals surface area contributed by atoms with Crippen LogP contribution < -0.4 is 9.64 Å². The number of thiazole rings is 1. The van der Waals surface area contributed by atoms with Gasteiger partial charge in [0.1, 0.15) is 16.4 Å². The fraction of sp³-hybridized carbons (Fsp3) is 0.333. The Morgan fingerprint density at radius 2 is 1.90 bits per heavy atom. The summed E-state index contributed by atoms with van der Waals surface area (Å²) in [5.41, 5.74) is 1.28. The molecule has 40 heavy (non-hydrogen) atoms. The number of benzene rings is 2. The van der Waals surface area contributed by atoms with E-state index >= 15 is 0 Å². The Morgan fingerprint density at radius 3 is 2.55 bits per heavy atom. The van der Waals surface area contributed by atoms with Crippen molar-refractivity contribution in [2.75, 3.05) is 18.1 Å². The molecule has 1 fully saturated rings. The largest absolute Gasteiger partial charge is 0.507 e. The predicted octanol–water partition coefficient (Wildman–Crippen LogP) is 6.83. The summed E-state index contributed by atoms with van der Waals surface area (Å²) in [6.45, 7) is 8.42. The first-order valence-corrected chi connectivity index (χ1v) is 14.7. The monoisotopic (exact) mass is 626 g/mol. The molecule has 2 heterocycles. The van der Waals surface area contributed by atoms with Gasteiger partial charge >= 0.3 is 11.9 Å². The molecule has 8 nitrogen and oxygen atoms in total. The molecule has 10 heteroatoms. The van der Waals surface area contributed by atoms with E-state index in [0.717, 1.165) is 28.7 Å². The molecule has 4 rings (SSSR count). The average molecular weight is 628 g/mol. The van der Waals surface area contributed by atoms with Crippen molar-refractivity contribution in [2.45, 2.75) is 46.6 Å². The molecule has 1 unspecified atom stereocenters. The number of nitrogens with zero attached hydrogens (tertiary/aromatic N) is 2. The second-order valence-corrected chi connectivity index (χ2v) is 11.7. The molecular weight excluding hydrogens is 596 g/mol. The minimum atomic E-state index is -0.969. The topological polar surface area (TPSA) is 106 Å². The van der Waals surface area contributed by atoms with Gasteiger partial charge in [-0.05, 0) is 61.2 Å².